The van der Waals surface area contributed by atoms with Crippen LogP contribution in [0.3, 0.4) is 0 Å². The highest BCUT2D eigenvalue weighted by Gasteiger charge is 2.28. The van der Waals surface area contributed by atoms with E-state index in [0.29, 0.717) is 41.0 Å². The predicted molar refractivity (Wildman–Crippen MR) is 97.9 cm³/mol. The first-order valence-electron chi connectivity index (χ1n) is 8.86. The summed E-state index contributed by atoms with van der Waals surface area (Å²) in [7, 11) is 0. The first kappa shape index (κ1) is 17.4. The molecule has 1 unspecified atom stereocenters. The Balaban J connectivity index is 1.62. The van der Waals surface area contributed by atoms with Gasteiger partial charge in [0.2, 0.25) is 0 Å². The lowest BCUT2D eigenvalue weighted by atomic mass is 10.1. The van der Waals surface area contributed by atoms with E-state index in [2.05, 4.69) is 10.4 Å². The molecule has 0 fully saturated rings. The van der Waals surface area contributed by atoms with Crippen LogP contribution in [0, 0.1) is 25.5 Å². The van der Waals surface area contributed by atoms with E-state index >= 15 is 0 Å². The maximum absolute atomic E-state index is 13.9. The molecule has 2 aromatic carbocycles. The molecule has 3 aromatic rings. The second-order valence-electron chi connectivity index (χ2n) is 6.81. The number of rotatable bonds is 3. The molecule has 1 amide bonds. The van der Waals surface area contributed by atoms with Crippen molar-refractivity contribution in [3.63, 3.8) is 0 Å². The SMILES string of the molecule is Cc1nn(-c2ccc(F)cc2)c(C)c1C(=O)NC1CCc2c(F)cccc21. The number of nitrogens with zero attached hydrogens (tertiary/aromatic N) is 2. The van der Waals surface area contributed by atoms with Gasteiger partial charge in [-0.2, -0.15) is 5.10 Å². The summed E-state index contributed by atoms with van der Waals surface area (Å²) < 4.78 is 28.7. The molecule has 1 aliphatic rings. The Labute approximate surface area is 155 Å². The molecule has 0 saturated heterocycles. The van der Waals surface area contributed by atoms with Crippen LogP contribution in [0.1, 0.15) is 45.3 Å². The third kappa shape index (κ3) is 3.01. The topological polar surface area (TPSA) is 46.9 Å². The van der Waals surface area contributed by atoms with E-state index in [1.807, 2.05) is 6.07 Å². The van der Waals surface area contributed by atoms with Gasteiger partial charge in [-0.25, -0.2) is 13.5 Å². The van der Waals surface area contributed by atoms with Crippen molar-refractivity contribution in [1.82, 2.24) is 15.1 Å². The quantitative estimate of drug-likeness (QED) is 0.755. The molecule has 138 valence electrons. The lowest BCUT2D eigenvalue weighted by Gasteiger charge is -2.14. The van der Waals surface area contributed by atoms with Crippen LogP contribution in [0.4, 0.5) is 8.78 Å². The van der Waals surface area contributed by atoms with Crippen LogP contribution in [-0.2, 0) is 6.42 Å². The van der Waals surface area contributed by atoms with Crippen molar-refractivity contribution >= 4 is 5.91 Å². The normalized spacial score (nSPS) is 15.6. The Morgan fingerprint density at radius 3 is 2.63 bits per heavy atom. The summed E-state index contributed by atoms with van der Waals surface area (Å²) in [5, 5.41) is 7.45. The van der Waals surface area contributed by atoms with Gasteiger partial charge in [0.25, 0.3) is 5.91 Å². The monoisotopic (exact) mass is 367 g/mol. The fraction of sp³-hybridized carbons (Fsp3) is 0.238. The third-order valence-corrected chi connectivity index (χ3v) is 5.11. The van der Waals surface area contributed by atoms with Crippen molar-refractivity contribution in [2.45, 2.75) is 32.7 Å². The minimum Gasteiger partial charge on any atom is -0.345 e. The van der Waals surface area contributed by atoms with E-state index in [-0.39, 0.29) is 23.6 Å². The number of halogens is 2. The summed E-state index contributed by atoms with van der Waals surface area (Å²) >= 11 is 0. The number of fused-ring (bicyclic) bond motifs is 1. The minimum atomic E-state index is -0.328. The van der Waals surface area contributed by atoms with E-state index in [4.69, 9.17) is 0 Å². The Hall–Kier alpha value is -3.02. The molecule has 0 spiro atoms. The molecule has 1 heterocycles. The van der Waals surface area contributed by atoms with Crippen LogP contribution in [0.25, 0.3) is 5.69 Å². The molecule has 1 atom stereocenters. The largest absolute Gasteiger partial charge is 0.345 e. The van der Waals surface area contributed by atoms with Gasteiger partial charge in [-0.3, -0.25) is 4.79 Å². The first-order chi connectivity index (χ1) is 13.0. The number of nitrogens with one attached hydrogen (secondary N) is 1. The summed E-state index contributed by atoms with van der Waals surface area (Å²) in [5.41, 5.74) is 3.96. The van der Waals surface area contributed by atoms with Gasteiger partial charge < -0.3 is 5.32 Å². The summed E-state index contributed by atoms with van der Waals surface area (Å²) in [6.45, 7) is 3.57. The van der Waals surface area contributed by atoms with Crippen LogP contribution in [0.5, 0.6) is 0 Å². The average molecular weight is 367 g/mol. The number of hydrogen-bond donors (Lipinski definition) is 1. The Morgan fingerprint density at radius 1 is 1.15 bits per heavy atom. The van der Waals surface area contributed by atoms with Crippen molar-refractivity contribution in [2.75, 3.05) is 0 Å². The van der Waals surface area contributed by atoms with Gasteiger partial charge in [-0.15, -0.1) is 0 Å². The number of amides is 1. The van der Waals surface area contributed by atoms with E-state index in [9.17, 15) is 13.6 Å². The molecule has 1 aliphatic carbocycles. The zero-order valence-electron chi connectivity index (χ0n) is 15.1. The molecule has 6 heteroatoms. The maximum atomic E-state index is 13.9. The standard InChI is InChI=1S/C21H19F2N3O/c1-12-20(13(2)26(25-12)15-8-6-14(22)7-9-15)21(27)24-19-11-10-16-17(19)4-3-5-18(16)23/h3-9,19H,10-11H2,1-2H3,(H,24,27). The first-order valence-corrected chi connectivity index (χ1v) is 8.86. The summed E-state index contributed by atoms with van der Waals surface area (Å²) in [6, 6.07) is 10.7. The van der Waals surface area contributed by atoms with Gasteiger partial charge in [0.05, 0.1) is 28.7 Å². The molecular weight excluding hydrogens is 348 g/mol. The Bertz CT molecular complexity index is 1020. The number of aromatic nitrogens is 2. The lowest BCUT2D eigenvalue weighted by molar-refractivity contribution is 0.0935. The summed E-state index contributed by atoms with van der Waals surface area (Å²) in [5.74, 6) is -0.786. The molecule has 27 heavy (non-hydrogen) atoms. The van der Waals surface area contributed by atoms with Crippen LogP contribution < -0.4 is 5.32 Å². The zero-order valence-corrected chi connectivity index (χ0v) is 15.1. The van der Waals surface area contributed by atoms with Gasteiger partial charge in [-0.1, -0.05) is 12.1 Å². The Morgan fingerprint density at radius 2 is 1.89 bits per heavy atom. The predicted octanol–water partition coefficient (Wildman–Crippen LogP) is 4.18. The van der Waals surface area contributed by atoms with Gasteiger partial charge >= 0.3 is 0 Å². The highest BCUT2D eigenvalue weighted by molar-refractivity contribution is 5.96. The van der Waals surface area contributed by atoms with Gasteiger partial charge in [0, 0.05) is 0 Å². The van der Waals surface area contributed by atoms with E-state index in [1.54, 1.807) is 36.7 Å². The van der Waals surface area contributed by atoms with Crippen LogP contribution >= 0.6 is 0 Å². The maximum Gasteiger partial charge on any atom is 0.255 e. The van der Waals surface area contributed by atoms with Crippen LogP contribution in [-0.4, -0.2) is 15.7 Å². The number of hydrogen-bond acceptors (Lipinski definition) is 2. The zero-order chi connectivity index (χ0) is 19.1. The highest BCUT2D eigenvalue weighted by atomic mass is 19.1. The van der Waals surface area contributed by atoms with Crippen LogP contribution in [0.2, 0.25) is 0 Å². The summed E-state index contributed by atoms with van der Waals surface area (Å²) in [4.78, 5) is 12.9. The molecule has 0 saturated carbocycles. The average Bonchev–Trinajstić information content (AvgIpc) is 3.17. The molecule has 4 rings (SSSR count). The molecule has 1 N–H and O–H groups in total. The highest BCUT2D eigenvalue weighted by Crippen LogP contribution is 2.33. The molecule has 0 aliphatic heterocycles. The van der Waals surface area contributed by atoms with E-state index < -0.39 is 0 Å². The molecule has 1 aromatic heterocycles. The molecular formula is C21H19F2N3O. The van der Waals surface area contributed by atoms with Gasteiger partial charge in [0.15, 0.2) is 0 Å². The van der Waals surface area contributed by atoms with Crippen LogP contribution in [0.15, 0.2) is 42.5 Å². The number of carbonyl (C=O) groups excluding carboxylic acids is 1. The fourth-order valence-electron chi connectivity index (χ4n) is 3.80. The van der Waals surface area contributed by atoms with Crippen molar-refractivity contribution in [1.29, 1.82) is 0 Å². The lowest BCUT2D eigenvalue weighted by Crippen LogP contribution is -2.28. The van der Waals surface area contributed by atoms with Gasteiger partial charge in [-0.05, 0) is 68.1 Å². The molecule has 4 nitrogen and oxygen atoms in total. The Kier molecular flexibility index (Phi) is 4.26. The second-order valence-corrected chi connectivity index (χ2v) is 6.81. The van der Waals surface area contributed by atoms with Crippen molar-refractivity contribution in [3.8, 4) is 5.69 Å². The van der Waals surface area contributed by atoms with Crippen molar-refractivity contribution in [3.05, 3.63) is 82.2 Å². The van der Waals surface area contributed by atoms with Crippen molar-refractivity contribution in [2.24, 2.45) is 0 Å². The minimum absolute atomic E-state index is 0.212. The second kappa shape index (κ2) is 6.61. The fourth-order valence-corrected chi connectivity index (χ4v) is 3.80. The number of benzene rings is 2. The number of carbonyl (C=O) groups is 1. The summed E-state index contributed by atoms with van der Waals surface area (Å²) in [6.07, 6.45) is 1.28. The van der Waals surface area contributed by atoms with E-state index in [1.165, 1.54) is 18.2 Å². The molecule has 0 bridgehead atoms. The van der Waals surface area contributed by atoms with Gasteiger partial charge in [0.1, 0.15) is 11.6 Å². The van der Waals surface area contributed by atoms with Crippen molar-refractivity contribution < 1.29 is 13.6 Å². The van der Waals surface area contributed by atoms with E-state index in [0.717, 1.165) is 5.56 Å². The molecule has 0 radical (unpaired) electrons. The smallest absolute Gasteiger partial charge is 0.255 e. The third-order valence-electron chi connectivity index (χ3n) is 5.11. The number of aryl methyl sites for hydroxylation is 1.